The van der Waals surface area contributed by atoms with Crippen molar-refractivity contribution in [1.82, 2.24) is 15.4 Å². The molecular weight excluding hydrogens is 326 g/mol. The van der Waals surface area contributed by atoms with Crippen LogP contribution in [0.15, 0.2) is 0 Å². The molecule has 1 aliphatic heterocycles. The van der Waals surface area contributed by atoms with E-state index in [9.17, 15) is 4.79 Å². The third-order valence-electron chi connectivity index (χ3n) is 4.56. The van der Waals surface area contributed by atoms with E-state index >= 15 is 0 Å². The van der Waals surface area contributed by atoms with Gasteiger partial charge in [-0.2, -0.15) is 0 Å². The number of hydroxylamine groups is 1. The molecule has 0 bridgehead atoms. The van der Waals surface area contributed by atoms with E-state index in [1.165, 1.54) is 11.3 Å². The average molecular weight is 347 g/mol. The summed E-state index contributed by atoms with van der Waals surface area (Å²) in [6.07, 6.45) is 4.89. The van der Waals surface area contributed by atoms with Gasteiger partial charge in [-0.25, -0.2) is 20.3 Å². The summed E-state index contributed by atoms with van der Waals surface area (Å²) in [7, 11) is 0. The number of nitrogens with zero attached hydrogens (tertiary/aromatic N) is 2. The molecule has 128 valence electrons. The number of rotatable bonds is 4. The molecule has 7 heteroatoms. The van der Waals surface area contributed by atoms with E-state index in [1.54, 1.807) is 0 Å². The number of fused-ring (bicyclic) bond motifs is 1. The number of carbonyl (C=O) groups is 1. The molecule has 1 unspecified atom stereocenters. The van der Waals surface area contributed by atoms with Crippen molar-refractivity contribution in [3.05, 3.63) is 22.0 Å². The maximum absolute atomic E-state index is 12.5. The van der Waals surface area contributed by atoms with Gasteiger partial charge in [-0.15, -0.1) is 11.3 Å². The van der Waals surface area contributed by atoms with Gasteiger partial charge in [0.05, 0.1) is 10.6 Å². The number of aromatic nitrogens is 2. The zero-order valence-electron chi connectivity index (χ0n) is 13.9. The Morgan fingerprint density at radius 2 is 2.08 bits per heavy atom. The predicted octanol–water partition coefficient (Wildman–Crippen LogP) is 3.37. The predicted molar refractivity (Wildman–Crippen MR) is 91.0 cm³/mol. The average Bonchev–Trinajstić information content (AvgIpc) is 3.38. The van der Waals surface area contributed by atoms with E-state index in [4.69, 9.17) is 9.57 Å². The quantitative estimate of drug-likeness (QED) is 0.859. The minimum absolute atomic E-state index is 0.239. The lowest BCUT2D eigenvalue weighted by Crippen LogP contribution is -2.33. The molecule has 1 saturated heterocycles. The lowest BCUT2D eigenvalue weighted by Gasteiger charge is -2.21. The van der Waals surface area contributed by atoms with Crippen LogP contribution >= 0.6 is 11.3 Å². The Morgan fingerprint density at radius 1 is 1.25 bits per heavy atom. The SMILES string of the molecule is Cc1nc(C2CC2)nc2sc(C(=O)NOC3CCCCO3)c(C)c12. The topological polar surface area (TPSA) is 73.3 Å². The minimum Gasteiger partial charge on any atom is -0.350 e. The van der Waals surface area contributed by atoms with Gasteiger partial charge in [0, 0.05) is 24.3 Å². The third kappa shape index (κ3) is 3.03. The molecule has 1 atom stereocenters. The van der Waals surface area contributed by atoms with Gasteiger partial charge < -0.3 is 4.74 Å². The van der Waals surface area contributed by atoms with Gasteiger partial charge >= 0.3 is 0 Å². The molecule has 6 nitrogen and oxygen atoms in total. The molecule has 1 saturated carbocycles. The van der Waals surface area contributed by atoms with Crippen LogP contribution in [-0.2, 0) is 9.57 Å². The normalized spacial score (nSPS) is 21.2. The number of carbonyl (C=O) groups excluding carboxylic acids is 1. The molecule has 1 aliphatic carbocycles. The zero-order valence-corrected chi connectivity index (χ0v) is 14.7. The summed E-state index contributed by atoms with van der Waals surface area (Å²) in [6, 6.07) is 0. The highest BCUT2D eigenvalue weighted by Gasteiger charge is 2.28. The van der Waals surface area contributed by atoms with Crippen LogP contribution in [0.4, 0.5) is 0 Å². The van der Waals surface area contributed by atoms with Crippen molar-refractivity contribution in [1.29, 1.82) is 0 Å². The molecule has 2 aromatic rings. The molecule has 1 N–H and O–H groups in total. The number of aryl methyl sites for hydroxylation is 2. The van der Waals surface area contributed by atoms with Gasteiger partial charge in [-0.1, -0.05) is 0 Å². The van der Waals surface area contributed by atoms with E-state index in [-0.39, 0.29) is 12.2 Å². The van der Waals surface area contributed by atoms with E-state index in [0.29, 0.717) is 17.4 Å². The third-order valence-corrected chi connectivity index (χ3v) is 5.74. The van der Waals surface area contributed by atoms with Crippen LogP contribution in [0.1, 0.15) is 64.8 Å². The van der Waals surface area contributed by atoms with Crippen molar-refractivity contribution in [2.75, 3.05) is 6.61 Å². The van der Waals surface area contributed by atoms with Crippen LogP contribution in [0.5, 0.6) is 0 Å². The van der Waals surface area contributed by atoms with Crippen molar-refractivity contribution in [3.63, 3.8) is 0 Å². The van der Waals surface area contributed by atoms with Crippen LogP contribution in [0.3, 0.4) is 0 Å². The Morgan fingerprint density at radius 3 is 2.79 bits per heavy atom. The minimum atomic E-state index is -0.347. The molecule has 0 spiro atoms. The highest BCUT2D eigenvalue weighted by atomic mass is 32.1. The lowest BCUT2D eigenvalue weighted by molar-refractivity contribution is -0.186. The zero-order chi connectivity index (χ0) is 16.7. The van der Waals surface area contributed by atoms with Gasteiger partial charge in [0.15, 0.2) is 6.29 Å². The Hall–Kier alpha value is -1.57. The van der Waals surface area contributed by atoms with Crippen LogP contribution < -0.4 is 5.48 Å². The molecule has 2 aliphatic rings. The maximum atomic E-state index is 12.5. The lowest BCUT2D eigenvalue weighted by atomic mass is 10.1. The fourth-order valence-electron chi connectivity index (χ4n) is 3.07. The van der Waals surface area contributed by atoms with Crippen LogP contribution in [0, 0.1) is 13.8 Å². The molecule has 0 radical (unpaired) electrons. The van der Waals surface area contributed by atoms with Gasteiger partial charge in [0.1, 0.15) is 10.7 Å². The van der Waals surface area contributed by atoms with E-state index < -0.39 is 0 Å². The Bertz CT molecular complexity index is 779. The highest BCUT2D eigenvalue weighted by Crippen LogP contribution is 2.40. The smallest absolute Gasteiger partial charge is 0.285 e. The number of hydrogen-bond acceptors (Lipinski definition) is 6. The van der Waals surface area contributed by atoms with Crippen LogP contribution in [0.2, 0.25) is 0 Å². The molecule has 4 rings (SSSR count). The number of ether oxygens (including phenoxy) is 1. The molecule has 0 aromatic carbocycles. The van der Waals surface area contributed by atoms with E-state index in [0.717, 1.165) is 59.4 Å². The van der Waals surface area contributed by atoms with Crippen molar-refractivity contribution >= 4 is 27.5 Å². The highest BCUT2D eigenvalue weighted by molar-refractivity contribution is 7.20. The van der Waals surface area contributed by atoms with Gasteiger partial charge in [0.25, 0.3) is 5.91 Å². The Kier molecular flexibility index (Phi) is 4.24. The molecular formula is C17H21N3O3S. The van der Waals surface area contributed by atoms with Crippen molar-refractivity contribution < 1.29 is 14.4 Å². The fraction of sp³-hybridized carbons (Fsp3) is 0.588. The summed E-state index contributed by atoms with van der Waals surface area (Å²) in [5.41, 5.74) is 4.41. The molecule has 2 aromatic heterocycles. The van der Waals surface area contributed by atoms with Crippen molar-refractivity contribution in [2.45, 2.75) is 58.2 Å². The van der Waals surface area contributed by atoms with Crippen LogP contribution in [-0.4, -0.2) is 28.8 Å². The number of thiophene rings is 1. The molecule has 24 heavy (non-hydrogen) atoms. The largest absolute Gasteiger partial charge is 0.350 e. The number of nitrogens with one attached hydrogen (secondary N) is 1. The van der Waals surface area contributed by atoms with E-state index in [1.807, 2.05) is 13.8 Å². The second kappa shape index (κ2) is 6.38. The summed E-state index contributed by atoms with van der Waals surface area (Å²) in [5, 5.41) is 0.989. The maximum Gasteiger partial charge on any atom is 0.285 e. The summed E-state index contributed by atoms with van der Waals surface area (Å²) in [4.78, 5) is 28.7. The molecule has 1 amide bonds. The van der Waals surface area contributed by atoms with Gasteiger partial charge in [0.2, 0.25) is 0 Å². The van der Waals surface area contributed by atoms with Crippen molar-refractivity contribution in [2.24, 2.45) is 0 Å². The van der Waals surface area contributed by atoms with Gasteiger partial charge in [-0.05, 0) is 45.1 Å². The first-order valence-corrected chi connectivity index (χ1v) is 9.30. The standard InChI is InChI=1S/C17H21N3O3S/c1-9-13-10(2)18-15(11-6-7-11)19-17(13)24-14(9)16(21)20-23-12-5-3-4-8-22-12/h11-12H,3-8H2,1-2H3,(H,20,21). The summed E-state index contributed by atoms with van der Waals surface area (Å²) >= 11 is 1.41. The number of hydrogen-bond donors (Lipinski definition) is 1. The molecule has 2 fully saturated rings. The van der Waals surface area contributed by atoms with E-state index in [2.05, 4.69) is 15.4 Å². The summed E-state index contributed by atoms with van der Waals surface area (Å²) in [6.45, 7) is 4.61. The summed E-state index contributed by atoms with van der Waals surface area (Å²) < 4.78 is 5.47. The van der Waals surface area contributed by atoms with Crippen molar-refractivity contribution in [3.8, 4) is 0 Å². The second-order valence-corrected chi connectivity index (χ2v) is 7.52. The second-order valence-electron chi connectivity index (χ2n) is 6.52. The first kappa shape index (κ1) is 15.9. The summed E-state index contributed by atoms with van der Waals surface area (Å²) in [5.74, 6) is 1.18. The fourth-order valence-corrected chi connectivity index (χ4v) is 4.20. The van der Waals surface area contributed by atoms with Crippen LogP contribution in [0.25, 0.3) is 10.2 Å². The Balaban J connectivity index is 1.55. The first-order chi connectivity index (χ1) is 11.6. The molecule has 3 heterocycles. The first-order valence-electron chi connectivity index (χ1n) is 8.48. The number of amides is 1. The monoisotopic (exact) mass is 347 g/mol. The van der Waals surface area contributed by atoms with Gasteiger partial charge in [-0.3, -0.25) is 4.79 Å². The Labute approximate surface area is 144 Å².